The SMILES string of the molecule is CCn1c(=O)c(-c2ccc(F)cc2C)cc2cnc(Cl)cc21. The maximum atomic E-state index is 13.3. The van der Waals surface area contributed by atoms with Crippen molar-refractivity contribution >= 4 is 22.5 Å². The lowest BCUT2D eigenvalue weighted by atomic mass is 10.0. The first kappa shape index (κ1) is 14.7. The zero-order valence-corrected chi connectivity index (χ0v) is 13.0. The first-order chi connectivity index (χ1) is 10.5. The molecular weight excluding hydrogens is 303 g/mol. The smallest absolute Gasteiger partial charge is 0.258 e. The summed E-state index contributed by atoms with van der Waals surface area (Å²) in [4.78, 5) is 16.8. The van der Waals surface area contributed by atoms with Gasteiger partial charge in [-0.2, -0.15) is 0 Å². The molecule has 3 rings (SSSR count). The van der Waals surface area contributed by atoms with Crippen LogP contribution >= 0.6 is 11.6 Å². The second kappa shape index (κ2) is 5.54. The first-order valence-corrected chi connectivity index (χ1v) is 7.34. The molecule has 5 heteroatoms. The largest absolute Gasteiger partial charge is 0.308 e. The molecule has 3 nitrogen and oxygen atoms in total. The van der Waals surface area contributed by atoms with Gasteiger partial charge in [-0.05, 0) is 49.2 Å². The highest BCUT2D eigenvalue weighted by molar-refractivity contribution is 6.30. The van der Waals surface area contributed by atoms with Crippen LogP contribution in [0.5, 0.6) is 0 Å². The molecule has 0 bridgehead atoms. The summed E-state index contributed by atoms with van der Waals surface area (Å²) >= 11 is 5.93. The molecule has 0 atom stereocenters. The van der Waals surface area contributed by atoms with Gasteiger partial charge < -0.3 is 4.57 Å². The highest BCUT2D eigenvalue weighted by Crippen LogP contribution is 2.25. The molecule has 0 unspecified atom stereocenters. The van der Waals surface area contributed by atoms with Crippen LogP contribution in [0.25, 0.3) is 22.0 Å². The van der Waals surface area contributed by atoms with Crippen molar-refractivity contribution in [2.45, 2.75) is 20.4 Å². The quantitative estimate of drug-likeness (QED) is 0.665. The van der Waals surface area contributed by atoms with Crippen LogP contribution in [0, 0.1) is 12.7 Å². The third kappa shape index (κ3) is 2.40. The van der Waals surface area contributed by atoms with E-state index < -0.39 is 0 Å². The van der Waals surface area contributed by atoms with E-state index in [1.54, 1.807) is 35.9 Å². The fraction of sp³-hybridized carbons (Fsp3) is 0.176. The van der Waals surface area contributed by atoms with Gasteiger partial charge in [-0.3, -0.25) is 4.79 Å². The molecule has 0 N–H and O–H groups in total. The van der Waals surface area contributed by atoms with Crippen molar-refractivity contribution < 1.29 is 4.39 Å². The van der Waals surface area contributed by atoms with E-state index in [-0.39, 0.29) is 11.4 Å². The fourth-order valence-electron chi connectivity index (χ4n) is 2.68. The molecular formula is C17H14ClFN2O. The predicted molar refractivity (Wildman–Crippen MR) is 86.8 cm³/mol. The Morgan fingerprint density at radius 2 is 2.00 bits per heavy atom. The fourth-order valence-corrected chi connectivity index (χ4v) is 2.84. The summed E-state index contributed by atoms with van der Waals surface area (Å²) < 4.78 is 15.0. The standard InChI is InChI=1S/C17H14ClFN2O/c1-3-21-15-8-16(18)20-9-11(15)7-14(17(21)22)13-5-4-12(19)6-10(13)2/h4-9H,3H2,1-2H3. The summed E-state index contributed by atoms with van der Waals surface area (Å²) in [5.41, 5.74) is 2.62. The number of benzene rings is 1. The topological polar surface area (TPSA) is 34.9 Å². The van der Waals surface area contributed by atoms with Crippen LogP contribution in [-0.4, -0.2) is 9.55 Å². The van der Waals surface area contributed by atoms with E-state index in [4.69, 9.17) is 11.6 Å². The van der Waals surface area contributed by atoms with Gasteiger partial charge in [0, 0.05) is 23.7 Å². The number of halogens is 2. The van der Waals surface area contributed by atoms with Gasteiger partial charge in [-0.15, -0.1) is 0 Å². The number of hydrogen-bond acceptors (Lipinski definition) is 2. The molecule has 0 spiro atoms. The summed E-state index contributed by atoms with van der Waals surface area (Å²) in [6.07, 6.45) is 1.64. The average molecular weight is 317 g/mol. The molecule has 22 heavy (non-hydrogen) atoms. The van der Waals surface area contributed by atoms with Gasteiger partial charge in [0.25, 0.3) is 5.56 Å². The van der Waals surface area contributed by atoms with Crippen molar-refractivity contribution in [2.75, 3.05) is 0 Å². The molecule has 0 aliphatic heterocycles. The number of aromatic nitrogens is 2. The normalized spacial score (nSPS) is 11.1. The third-order valence-electron chi connectivity index (χ3n) is 3.74. The summed E-state index contributed by atoms with van der Waals surface area (Å²) in [7, 11) is 0. The molecule has 0 saturated carbocycles. The molecule has 2 heterocycles. The maximum Gasteiger partial charge on any atom is 0.258 e. The number of rotatable bonds is 2. The molecule has 0 amide bonds. The van der Waals surface area contributed by atoms with Crippen molar-refractivity contribution in [3.05, 3.63) is 63.4 Å². The predicted octanol–water partition coefficient (Wildman–Crippen LogP) is 4.18. The van der Waals surface area contributed by atoms with Gasteiger partial charge >= 0.3 is 0 Å². The Labute approximate surface area is 132 Å². The van der Waals surface area contributed by atoms with Crippen LogP contribution in [0.3, 0.4) is 0 Å². The van der Waals surface area contributed by atoms with E-state index in [9.17, 15) is 9.18 Å². The van der Waals surface area contributed by atoms with Crippen LogP contribution < -0.4 is 5.56 Å². The first-order valence-electron chi connectivity index (χ1n) is 6.97. The van der Waals surface area contributed by atoms with E-state index in [0.29, 0.717) is 17.3 Å². The molecule has 0 radical (unpaired) electrons. The number of hydrogen-bond donors (Lipinski definition) is 0. The van der Waals surface area contributed by atoms with Gasteiger partial charge in [0.15, 0.2) is 0 Å². The Morgan fingerprint density at radius 3 is 2.68 bits per heavy atom. The van der Waals surface area contributed by atoms with Crippen LogP contribution in [-0.2, 0) is 6.54 Å². The van der Waals surface area contributed by atoms with E-state index in [1.807, 2.05) is 6.92 Å². The number of pyridine rings is 2. The van der Waals surface area contributed by atoms with Gasteiger partial charge in [-0.25, -0.2) is 9.37 Å². The summed E-state index contributed by atoms with van der Waals surface area (Å²) in [5, 5.41) is 1.17. The highest BCUT2D eigenvalue weighted by atomic mass is 35.5. The number of fused-ring (bicyclic) bond motifs is 1. The van der Waals surface area contributed by atoms with Crippen LogP contribution in [0.1, 0.15) is 12.5 Å². The highest BCUT2D eigenvalue weighted by Gasteiger charge is 2.13. The second-order valence-corrected chi connectivity index (χ2v) is 5.52. The van der Waals surface area contributed by atoms with Crippen molar-refractivity contribution in [1.82, 2.24) is 9.55 Å². The molecule has 112 valence electrons. The minimum absolute atomic E-state index is 0.119. The molecule has 0 fully saturated rings. The second-order valence-electron chi connectivity index (χ2n) is 5.13. The Bertz CT molecular complexity index is 934. The molecule has 0 aliphatic carbocycles. The number of nitrogens with zero attached hydrogens (tertiary/aromatic N) is 2. The zero-order valence-electron chi connectivity index (χ0n) is 12.2. The van der Waals surface area contributed by atoms with E-state index >= 15 is 0 Å². The Hall–Kier alpha value is -2.20. The number of aryl methyl sites for hydroxylation is 2. The van der Waals surface area contributed by atoms with Gasteiger partial charge in [0.2, 0.25) is 0 Å². The monoisotopic (exact) mass is 316 g/mol. The van der Waals surface area contributed by atoms with Crippen LogP contribution in [0.4, 0.5) is 4.39 Å². The Kier molecular flexibility index (Phi) is 3.71. The minimum Gasteiger partial charge on any atom is -0.308 e. The lowest BCUT2D eigenvalue weighted by Gasteiger charge is -2.12. The van der Waals surface area contributed by atoms with Crippen molar-refractivity contribution in [3.8, 4) is 11.1 Å². The van der Waals surface area contributed by atoms with Crippen molar-refractivity contribution in [3.63, 3.8) is 0 Å². The molecule has 0 aliphatic rings. The zero-order chi connectivity index (χ0) is 15.9. The lowest BCUT2D eigenvalue weighted by Crippen LogP contribution is -2.21. The molecule has 2 aromatic heterocycles. The lowest BCUT2D eigenvalue weighted by molar-refractivity contribution is 0.627. The van der Waals surface area contributed by atoms with E-state index in [0.717, 1.165) is 22.0 Å². The van der Waals surface area contributed by atoms with E-state index in [1.165, 1.54) is 12.1 Å². The summed E-state index contributed by atoms with van der Waals surface area (Å²) in [5.74, 6) is -0.314. The van der Waals surface area contributed by atoms with Crippen LogP contribution in [0.15, 0.2) is 41.3 Å². The molecule has 1 aromatic carbocycles. The Morgan fingerprint density at radius 1 is 1.23 bits per heavy atom. The van der Waals surface area contributed by atoms with E-state index in [2.05, 4.69) is 4.98 Å². The minimum atomic E-state index is -0.314. The summed E-state index contributed by atoms with van der Waals surface area (Å²) in [6, 6.07) is 7.89. The maximum absolute atomic E-state index is 13.3. The van der Waals surface area contributed by atoms with Crippen molar-refractivity contribution in [2.24, 2.45) is 0 Å². The van der Waals surface area contributed by atoms with Gasteiger partial charge in [0.05, 0.1) is 5.52 Å². The van der Waals surface area contributed by atoms with Gasteiger partial charge in [-0.1, -0.05) is 17.7 Å². The van der Waals surface area contributed by atoms with Gasteiger partial charge in [0.1, 0.15) is 11.0 Å². The summed E-state index contributed by atoms with van der Waals surface area (Å²) in [6.45, 7) is 4.21. The van der Waals surface area contributed by atoms with Crippen LogP contribution in [0.2, 0.25) is 5.15 Å². The molecule has 3 aromatic rings. The average Bonchev–Trinajstić information content (AvgIpc) is 2.47. The third-order valence-corrected chi connectivity index (χ3v) is 3.95. The molecule has 0 saturated heterocycles. The van der Waals surface area contributed by atoms with Crippen molar-refractivity contribution in [1.29, 1.82) is 0 Å². The Balaban J connectivity index is 2.38.